The number of amides is 2. The van der Waals surface area contributed by atoms with E-state index in [-0.39, 0.29) is 11.6 Å². The van der Waals surface area contributed by atoms with Crippen LogP contribution in [0.5, 0.6) is 0 Å². The van der Waals surface area contributed by atoms with Gasteiger partial charge in [0.2, 0.25) is 0 Å². The molecule has 0 aromatic heterocycles. The molecule has 0 spiro atoms. The van der Waals surface area contributed by atoms with Crippen LogP contribution in [-0.2, 0) is 9.47 Å². The topological polar surface area (TPSA) is 50.8 Å². The lowest BCUT2D eigenvalue weighted by Crippen LogP contribution is -2.49. The largest absolute Gasteiger partial charge is 0.347 e. The number of benzene rings is 1. The molecular weight excluding hydrogens is 306 g/mol. The van der Waals surface area contributed by atoms with Crippen LogP contribution < -0.4 is 5.32 Å². The average molecular weight is 326 g/mol. The number of carbonyl (C=O) groups excluding carboxylic acids is 1. The van der Waals surface area contributed by atoms with E-state index < -0.39 is 23.5 Å². The van der Waals surface area contributed by atoms with Crippen LogP contribution in [0.3, 0.4) is 0 Å². The minimum Gasteiger partial charge on any atom is -0.347 e. The molecule has 2 amide bonds. The van der Waals surface area contributed by atoms with E-state index in [0.29, 0.717) is 26.3 Å². The van der Waals surface area contributed by atoms with Gasteiger partial charge < -0.3 is 19.7 Å². The zero-order valence-corrected chi connectivity index (χ0v) is 13.0. The second-order valence-electron chi connectivity index (χ2n) is 6.05. The molecule has 2 heterocycles. The molecule has 7 heteroatoms. The number of urea groups is 1. The predicted octanol–water partition coefficient (Wildman–Crippen LogP) is 2.97. The van der Waals surface area contributed by atoms with Gasteiger partial charge >= 0.3 is 6.03 Å². The van der Waals surface area contributed by atoms with Gasteiger partial charge in [0.15, 0.2) is 5.79 Å². The smallest absolute Gasteiger partial charge is 0.321 e. The first-order chi connectivity index (χ1) is 11.0. The van der Waals surface area contributed by atoms with Crippen molar-refractivity contribution in [3.63, 3.8) is 0 Å². The molecule has 1 atom stereocenters. The second kappa shape index (κ2) is 6.41. The summed E-state index contributed by atoms with van der Waals surface area (Å²) in [7, 11) is 0. The molecule has 1 aromatic rings. The van der Waals surface area contributed by atoms with Crippen LogP contribution >= 0.6 is 0 Å². The lowest BCUT2D eigenvalue weighted by atomic mass is 9.90. The third-order valence-electron chi connectivity index (χ3n) is 4.48. The van der Waals surface area contributed by atoms with Gasteiger partial charge in [0.05, 0.1) is 18.9 Å². The van der Waals surface area contributed by atoms with Gasteiger partial charge in [-0.1, -0.05) is 0 Å². The summed E-state index contributed by atoms with van der Waals surface area (Å²) in [5, 5.41) is 2.49. The molecule has 0 saturated carbocycles. The number of halogens is 2. The summed E-state index contributed by atoms with van der Waals surface area (Å²) in [5.41, 5.74) is -0.0295. The molecule has 2 aliphatic rings. The van der Waals surface area contributed by atoms with E-state index in [1.165, 1.54) is 6.07 Å². The van der Waals surface area contributed by atoms with Crippen LogP contribution in [0.15, 0.2) is 18.2 Å². The number of carbonyl (C=O) groups is 1. The van der Waals surface area contributed by atoms with Crippen molar-refractivity contribution in [2.45, 2.75) is 25.6 Å². The van der Waals surface area contributed by atoms with Gasteiger partial charge in [-0.05, 0) is 31.9 Å². The molecule has 0 aliphatic carbocycles. The highest BCUT2D eigenvalue weighted by molar-refractivity contribution is 5.89. The highest BCUT2D eigenvalue weighted by Gasteiger charge is 2.42. The van der Waals surface area contributed by atoms with E-state index in [1.807, 2.05) is 6.92 Å². The van der Waals surface area contributed by atoms with Crippen molar-refractivity contribution in [1.29, 1.82) is 0 Å². The fourth-order valence-electron chi connectivity index (χ4n) is 3.14. The molecule has 2 aliphatic heterocycles. The number of ether oxygens (including phenoxy) is 2. The van der Waals surface area contributed by atoms with Gasteiger partial charge in [-0.25, -0.2) is 13.6 Å². The van der Waals surface area contributed by atoms with Gasteiger partial charge in [-0.15, -0.1) is 0 Å². The molecular formula is C16H20F2N2O3. The van der Waals surface area contributed by atoms with Crippen molar-refractivity contribution in [2.24, 2.45) is 5.92 Å². The molecule has 0 unspecified atom stereocenters. The predicted molar refractivity (Wildman–Crippen MR) is 80.0 cm³/mol. The SMILES string of the molecule is CC1([C@H]2CCCN(C(=O)Nc3ccc(F)cc3F)C2)OCCO1. The zero-order chi connectivity index (χ0) is 16.4. The maximum atomic E-state index is 13.6. The maximum Gasteiger partial charge on any atom is 0.321 e. The van der Waals surface area contributed by atoms with Crippen LogP contribution in [0.25, 0.3) is 0 Å². The molecule has 5 nitrogen and oxygen atoms in total. The minimum atomic E-state index is -0.790. The molecule has 126 valence electrons. The Bertz CT molecular complexity index is 591. The van der Waals surface area contributed by atoms with Crippen LogP contribution in [0.4, 0.5) is 19.3 Å². The van der Waals surface area contributed by atoms with Crippen LogP contribution in [-0.4, -0.2) is 43.0 Å². The summed E-state index contributed by atoms with van der Waals surface area (Å²) in [6.07, 6.45) is 1.73. The molecule has 23 heavy (non-hydrogen) atoms. The molecule has 1 N–H and O–H groups in total. The van der Waals surface area contributed by atoms with Crippen molar-refractivity contribution in [1.82, 2.24) is 4.90 Å². The summed E-state index contributed by atoms with van der Waals surface area (Å²) in [4.78, 5) is 14.0. The number of rotatable bonds is 2. The Morgan fingerprint density at radius 3 is 2.78 bits per heavy atom. The van der Waals surface area contributed by atoms with Gasteiger partial charge in [0.25, 0.3) is 0 Å². The first-order valence-corrected chi connectivity index (χ1v) is 7.77. The first kappa shape index (κ1) is 16.1. The van der Waals surface area contributed by atoms with Gasteiger partial charge in [0.1, 0.15) is 11.6 Å². The standard InChI is InChI=1S/C16H20F2N2O3/c1-16(22-7-8-23-16)11-3-2-6-20(10-11)15(21)19-14-5-4-12(17)9-13(14)18/h4-5,9,11H,2-3,6-8,10H2,1H3,(H,19,21)/t11-/m0/s1. The van der Waals surface area contributed by atoms with E-state index in [0.717, 1.165) is 25.0 Å². The molecule has 2 fully saturated rings. The fourth-order valence-corrected chi connectivity index (χ4v) is 3.14. The third-order valence-corrected chi connectivity index (χ3v) is 4.48. The van der Waals surface area contributed by atoms with Crippen molar-refractivity contribution < 1.29 is 23.0 Å². The Hall–Kier alpha value is -1.73. The fraction of sp³-hybridized carbons (Fsp3) is 0.562. The van der Waals surface area contributed by atoms with E-state index >= 15 is 0 Å². The highest BCUT2D eigenvalue weighted by atomic mass is 19.1. The Kier molecular flexibility index (Phi) is 4.50. The minimum absolute atomic E-state index is 0.0295. The lowest BCUT2D eigenvalue weighted by molar-refractivity contribution is -0.189. The van der Waals surface area contributed by atoms with Crippen molar-refractivity contribution in [3.05, 3.63) is 29.8 Å². The van der Waals surface area contributed by atoms with Crippen LogP contribution in [0.2, 0.25) is 0 Å². The summed E-state index contributed by atoms with van der Waals surface area (Å²) >= 11 is 0. The highest BCUT2D eigenvalue weighted by Crippen LogP contribution is 2.34. The lowest BCUT2D eigenvalue weighted by Gasteiger charge is -2.39. The number of hydrogen-bond acceptors (Lipinski definition) is 3. The number of anilines is 1. The molecule has 2 saturated heterocycles. The van der Waals surface area contributed by atoms with Gasteiger partial charge in [-0.3, -0.25) is 0 Å². The summed E-state index contributed by atoms with van der Waals surface area (Å²) < 4.78 is 37.9. The van der Waals surface area contributed by atoms with Gasteiger partial charge in [0, 0.05) is 25.1 Å². The van der Waals surface area contributed by atoms with Crippen LogP contribution in [0.1, 0.15) is 19.8 Å². The molecule has 0 radical (unpaired) electrons. The number of hydrogen-bond donors (Lipinski definition) is 1. The van der Waals surface area contributed by atoms with E-state index in [9.17, 15) is 13.6 Å². The Morgan fingerprint density at radius 1 is 1.35 bits per heavy atom. The van der Waals surface area contributed by atoms with Crippen molar-refractivity contribution in [2.75, 3.05) is 31.6 Å². The summed E-state index contributed by atoms with van der Waals surface area (Å²) in [6, 6.07) is 2.67. The van der Waals surface area contributed by atoms with E-state index in [4.69, 9.17) is 9.47 Å². The Morgan fingerprint density at radius 2 is 2.09 bits per heavy atom. The zero-order valence-electron chi connectivity index (χ0n) is 13.0. The number of nitrogens with one attached hydrogen (secondary N) is 1. The Labute approximate surface area is 133 Å². The molecule has 3 rings (SSSR count). The number of likely N-dealkylation sites (tertiary alicyclic amines) is 1. The normalized spacial score (nSPS) is 23.8. The monoisotopic (exact) mass is 326 g/mol. The maximum absolute atomic E-state index is 13.6. The van der Waals surface area contributed by atoms with Crippen molar-refractivity contribution >= 4 is 11.7 Å². The first-order valence-electron chi connectivity index (χ1n) is 7.77. The van der Waals surface area contributed by atoms with Crippen molar-refractivity contribution in [3.8, 4) is 0 Å². The van der Waals surface area contributed by atoms with Crippen LogP contribution in [0, 0.1) is 17.6 Å². The average Bonchev–Trinajstić information content (AvgIpc) is 2.98. The molecule has 1 aromatic carbocycles. The number of nitrogens with zero attached hydrogens (tertiary/aromatic N) is 1. The quantitative estimate of drug-likeness (QED) is 0.909. The van der Waals surface area contributed by atoms with E-state index in [1.54, 1.807) is 4.90 Å². The molecule has 0 bridgehead atoms. The Balaban J connectivity index is 1.65. The summed E-state index contributed by atoms with van der Waals surface area (Å²) in [5.74, 6) is -2.06. The number of piperidine rings is 1. The second-order valence-corrected chi connectivity index (χ2v) is 6.05. The van der Waals surface area contributed by atoms with E-state index in [2.05, 4.69) is 5.32 Å². The summed E-state index contributed by atoms with van der Waals surface area (Å²) in [6.45, 7) is 4.07. The van der Waals surface area contributed by atoms with Gasteiger partial charge in [-0.2, -0.15) is 0 Å². The third kappa shape index (κ3) is 3.45.